The molecule has 0 fully saturated rings. The molecule has 0 aliphatic carbocycles. The smallest absolute Gasteiger partial charge is 0.153 e. The van der Waals surface area contributed by atoms with Crippen molar-refractivity contribution in [2.75, 3.05) is 5.73 Å². The molecule has 0 saturated carbocycles. The zero-order valence-electron chi connectivity index (χ0n) is 9.27. The Morgan fingerprint density at radius 2 is 2.06 bits per heavy atom. The Bertz CT molecular complexity index is 736. The van der Waals surface area contributed by atoms with Gasteiger partial charge >= 0.3 is 0 Å². The van der Waals surface area contributed by atoms with Crippen LogP contribution >= 0.6 is 27.5 Å². The van der Waals surface area contributed by atoms with Crippen LogP contribution in [-0.4, -0.2) is 9.38 Å². The number of hydrogen-bond acceptors (Lipinski definition) is 2. The normalized spacial score (nSPS) is 11.0. The van der Waals surface area contributed by atoms with Crippen molar-refractivity contribution in [3.63, 3.8) is 0 Å². The fourth-order valence-corrected chi connectivity index (χ4v) is 2.52. The second-order valence-electron chi connectivity index (χ2n) is 3.91. The summed E-state index contributed by atoms with van der Waals surface area (Å²) < 4.78 is 2.75. The van der Waals surface area contributed by atoms with Crippen molar-refractivity contribution in [2.45, 2.75) is 0 Å². The summed E-state index contributed by atoms with van der Waals surface area (Å²) in [5.74, 6) is 0.605. The third-order valence-corrected chi connectivity index (χ3v) is 3.59. The Balaban J connectivity index is 2.30. The monoisotopic (exact) mass is 321 g/mol. The highest BCUT2D eigenvalue weighted by atomic mass is 79.9. The summed E-state index contributed by atoms with van der Waals surface area (Å²) in [6, 6.07) is 11.4. The molecule has 90 valence electrons. The van der Waals surface area contributed by atoms with E-state index in [9.17, 15) is 0 Å². The van der Waals surface area contributed by atoms with Crippen LogP contribution in [0, 0.1) is 0 Å². The molecular formula is C13H9BrClN3. The fourth-order valence-electron chi connectivity index (χ4n) is 1.90. The third kappa shape index (κ3) is 1.78. The fraction of sp³-hybridized carbons (Fsp3) is 0. The van der Waals surface area contributed by atoms with Crippen LogP contribution in [0.5, 0.6) is 0 Å². The lowest BCUT2D eigenvalue weighted by Crippen LogP contribution is -1.93. The van der Waals surface area contributed by atoms with E-state index in [1.165, 1.54) is 0 Å². The van der Waals surface area contributed by atoms with Gasteiger partial charge in [-0.05, 0) is 40.2 Å². The Morgan fingerprint density at radius 3 is 2.78 bits per heavy atom. The number of pyridine rings is 1. The number of benzene rings is 1. The summed E-state index contributed by atoms with van der Waals surface area (Å²) in [7, 11) is 0. The molecule has 0 amide bonds. The summed E-state index contributed by atoms with van der Waals surface area (Å²) in [4.78, 5) is 4.56. The van der Waals surface area contributed by atoms with Crippen LogP contribution in [0.3, 0.4) is 0 Å². The van der Waals surface area contributed by atoms with E-state index in [-0.39, 0.29) is 0 Å². The van der Waals surface area contributed by atoms with Gasteiger partial charge in [0.15, 0.2) is 5.65 Å². The number of nitrogens with zero attached hydrogens (tertiary/aromatic N) is 2. The van der Waals surface area contributed by atoms with Crippen LogP contribution in [0.15, 0.2) is 47.1 Å². The molecule has 3 rings (SSSR count). The largest absolute Gasteiger partial charge is 0.383 e. The van der Waals surface area contributed by atoms with Gasteiger partial charge in [-0.2, -0.15) is 0 Å². The molecule has 0 bridgehead atoms. The molecule has 2 aromatic heterocycles. The molecule has 2 heterocycles. The van der Waals surface area contributed by atoms with Gasteiger partial charge in [0.05, 0.1) is 4.47 Å². The first kappa shape index (κ1) is 11.6. The first-order chi connectivity index (χ1) is 8.66. The number of hydrogen-bond donors (Lipinski definition) is 1. The maximum Gasteiger partial charge on any atom is 0.153 e. The summed E-state index contributed by atoms with van der Waals surface area (Å²) in [5, 5.41) is 0.669. The van der Waals surface area contributed by atoms with Gasteiger partial charge < -0.3 is 5.73 Å². The quantitative estimate of drug-likeness (QED) is 0.736. The molecule has 5 heteroatoms. The SMILES string of the molecule is Nc1c(-c2cccc(Cl)c2)nc2c(Br)cccn12. The van der Waals surface area contributed by atoms with Crippen molar-refractivity contribution in [1.82, 2.24) is 9.38 Å². The molecule has 3 aromatic rings. The topological polar surface area (TPSA) is 43.3 Å². The lowest BCUT2D eigenvalue weighted by molar-refractivity contribution is 1.19. The molecule has 0 atom stereocenters. The molecule has 0 spiro atoms. The van der Waals surface area contributed by atoms with E-state index in [1.807, 2.05) is 47.0 Å². The number of nitrogen functional groups attached to an aromatic ring is 1. The predicted molar refractivity (Wildman–Crippen MR) is 77.8 cm³/mol. The minimum Gasteiger partial charge on any atom is -0.383 e. The van der Waals surface area contributed by atoms with Crippen molar-refractivity contribution in [3.05, 3.63) is 52.1 Å². The molecule has 2 N–H and O–H groups in total. The average Bonchev–Trinajstić information content (AvgIpc) is 2.69. The van der Waals surface area contributed by atoms with Crippen LogP contribution in [0.2, 0.25) is 5.02 Å². The molecular weight excluding hydrogens is 314 g/mol. The highest BCUT2D eigenvalue weighted by Gasteiger charge is 2.12. The number of aromatic nitrogens is 2. The first-order valence-corrected chi connectivity index (χ1v) is 6.52. The molecule has 0 aliphatic rings. The van der Waals surface area contributed by atoms with E-state index in [1.54, 1.807) is 0 Å². The zero-order valence-corrected chi connectivity index (χ0v) is 11.6. The van der Waals surface area contributed by atoms with Crippen molar-refractivity contribution < 1.29 is 0 Å². The average molecular weight is 323 g/mol. The molecule has 3 nitrogen and oxygen atoms in total. The molecule has 1 aromatic carbocycles. The molecule has 18 heavy (non-hydrogen) atoms. The van der Waals surface area contributed by atoms with E-state index < -0.39 is 0 Å². The van der Waals surface area contributed by atoms with E-state index >= 15 is 0 Å². The van der Waals surface area contributed by atoms with Crippen LogP contribution < -0.4 is 5.73 Å². The van der Waals surface area contributed by atoms with Crippen molar-refractivity contribution in [1.29, 1.82) is 0 Å². The van der Waals surface area contributed by atoms with Crippen molar-refractivity contribution >= 4 is 39.0 Å². The zero-order chi connectivity index (χ0) is 12.7. The number of nitrogens with two attached hydrogens (primary N) is 1. The number of rotatable bonds is 1. The predicted octanol–water partition coefficient (Wildman–Crippen LogP) is 4.00. The third-order valence-electron chi connectivity index (χ3n) is 2.74. The second kappa shape index (κ2) is 4.30. The standard InChI is InChI=1S/C13H9BrClN3/c14-10-5-2-6-18-12(16)11(17-13(10)18)8-3-1-4-9(15)7-8/h1-7H,16H2. The van der Waals surface area contributed by atoms with Gasteiger partial charge in [0.2, 0.25) is 0 Å². The number of halogens is 2. The lowest BCUT2D eigenvalue weighted by atomic mass is 10.1. The van der Waals surface area contributed by atoms with Gasteiger partial charge in [-0.25, -0.2) is 4.98 Å². The highest BCUT2D eigenvalue weighted by molar-refractivity contribution is 9.10. The van der Waals surface area contributed by atoms with E-state index in [0.29, 0.717) is 10.8 Å². The van der Waals surface area contributed by atoms with Gasteiger partial charge in [0, 0.05) is 16.8 Å². The highest BCUT2D eigenvalue weighted by Crippen LogP contribution is 2.30. The Labute approximate surface area is 117 Å². The summed E-state index contributed by atoms with van der Waals surface area (Å²) in [6.07, 6.45) is 1.89. The van der Waals surface area contributed by atoms with Crippen LogP contribution in [0.25, 0.3) is 16.9 Å². The summed E-state index contributed by atoms with van der Waals surface area (Å²) >= 11 is 9.46. The van der Waals surface area contributed by atoms with Gasteiger partial charge in [-0.15, -0.1) is 0 Å². The Morgan fingerprint density at radius 1 is 1.22 bits per heavy atom. The van der Waals surface area contributed by atoms with E-state index in [0.717, 1.165) is 21.4 Å². The Kier molecular flexibility index (Phi) is 2.76. The minimum atomic E-state index is 0.605. The summed E-state index contributed by atoms with van der Waals surface area (Å²) in [5.41, 5.74) is 8.58. The maximum atomic E-state index is 6.13. The van der Waals surface area contributed by atoms with Gasteiger partial charge in [0.25, 0.3) is 0 Å². The second-order valence-corrected chi connectivity index (χ2v) is 5.20. The number of imidazole rings is 1. The minimum absolute atomic E-state index is 0.605. The maximum absolute atomic E-state index is 6.13. The lowest BCUT2D eigenvalue weighted by Gasteiger charge is -1.99. The number of anilines is 1. The van der Waals surface area contributed by atoms with Crippen LogP contribution in [-0.2, 0) is 0 Å². The van der Waals surface area contributed by atoms with Gasteiger partial charge in [0.1, 0.15) is 11.5 Å². The van der Waals surface area contributed by atoms with Crippen LogP contribution in [0.1, 0.15) is 0 Å². The van der Waals surface area contributed by atoms with Gasteiger partial charge in [-0.3, -0.25) is 4.40 Å². The molecule has 0 aliphatic heterocycles. The number of fused-ring (bicyclic) bond motifs is 1. The Hall–Kier alpha value is -1.52. The van der Waals surface area contributed by atoms with E-state index in [4.69, 9.17) is 17.3 Å². The van der Waals surface area contributed by atoms with Crippen molar-refractivity contribution in [2.24, 2.45) is 0 Å². The van der Waals surface area contributed by atoms with Crippen molar-refractivity contribution in [3.8, 4) is 11.3 Å². The van der Waals surface area contributed by atoms with E-state index in [2.05, 4.69) is 20.9 Å². The molecule has 0 unspecified atom stereocenters. The summed E-state index contributed by atoms with van der Waals surface area (Å²) in [6.45, 7) is 0. The first-order valence-electron chi connectivity index (χ1n) is 5.35. The molecule has 0 saturated heterocycles. The van der Waals surface area contributed by atoms with Crippen LogP contribution in [0.4, 0.5) is 5.82 Å². The molecule has 0 radical (unpaired) electrons. The van der Waals surface area contributed by atoms with Gasteiger partial charge in [-0.1, -0.05) is 23.7 Å².